The highest BCUT2D eigenvalue weighted by Crippen LogP contribution is 2.07. The van der Waals surface area contributed by atoms with Gasteiger partial charge in [0.05, 0.1) is 12.7 Å². The number of amides is 1. The van der Waals surface area contributed by atoms with E-state index in [-0.39, 0.29) is 16.9 Å². The monoisotopic (exact) mass is 341 g/mol. The first kappa shape index (κ1) is 18.2. The lowest BCUT2D eigenvalue weighted by molar-refractivity contribution is -0.122. The van der Waals surface area contributed by atoms with Crippen LogP contribution in [0.5, 0.6) is 0 Å². The van der Waals surface area contributed by atoms with Crippen molar-refractivity contribution in [3.63, 3.8) is 0 Å². The number of nitrogens with zero attached hydrogens (tertiary/aromatic N) is 2. The molecule has 1 aromatic rings. The number of morpholine rings is 1. The second-order valence-corrected chi connectivity index (χ2v) is 7.32. The smallest absolute Gasteiger partial charge is 0.307 e. The molecule has 2 rings (SSSR count). The summed E-state index contributed by atoms with van der Waals surface area (Å²) in [6.45, 7) is 10.9. The molecular weight excluding hydrogens is 314 g/mol. The fourth-order valence-electron chi connectivity index (χ4n) is 2.79. The van der Waals surface area contributed by atoms with Gasteiger partial charge in [-0.05, 0) is 12.8 Å². The molecule has 6 nitrogen and oxygen atoms in total. The van der Waals surface area contributed by atoms with Crippen molar-refractivity contribution in [2.24, 2.45) is 5.92 Å². The molecule has 1 atom stereocenters. The second-order valence-electron chi connectivity index (χ2n) is 6.49. The molecule has 0 aliphatic carbocycles. The van der Waals surface area contributed by atoms with Crippen molar-refractivity contribution in [1.29, 1.82) is 0 Å². The summed E-state index contributed by atoms with van der Waals surface area (Å²) in [6.07, 6.45) is 0.372. The van der Waals surface area contributed by atoms with E-state index < -0.39 is 0 Å². The Kier molecular flexibility index (Phi) is 6.80. The van der Waals surface area contributed by atoms with Gasteiger partial charge in [0.25, 0.3) is 0 Å². The number of rotatable bonds is 7. The molecule has 7 heteroatoms. The van der Waals surface area contributed by atoms with Crippen LogP contribution in [-0.4, -0.2) is 54.3 Å². The molecule has 1 N–H and O–H groups in total. The average molecular weight is 341 g/mol. The van der Waals surface area contributed by atoms with E-state index in [0.717, 1.165) is 31.9 Å². The van der Waals surface area contributed by atoms with Gasteiger partial charge in [0, 0.05) is 50.2 Å². The number of aromatic nitrogens is 1. The Morgan fingerprint density at radius 3 is 2.96 bits per heavy atom. The Balaban J connectivity index is 1.71. The van der Waals surface area contributed by atoms with Crippen LogP contribution in [-0.2, 0) is 16.1 Å². The molecule has 1 saturated heterocycles. The summed E-state index contributed by atoms with van der Waals surface area (Å²) in [7, 11) is 0. The molecule has 1 fully saturated rings. The molecule has 130 valence electrons. The standard InChI is InChI=1S/C16H27N3O3S/c1-12(2)9-18-6-7-22-14(10-18)8-17-15(20)4-5-19-13(3)11-23-16(19)21/h11-12,14H,4-10H2,1-3H3,(H,17,20)/t14-/m0/s1. The van der Waals surface area contributed by atoms with Gasteiger partial charge in [0.15, 0.2) is 0 Å². The Labute approximate surface area is 141 Å². The van der Waals surface area contributed by atoms with Crippen LogP contribution in [0.4, 0.5) is 0 Å². The number of carbonyl (C=O) groups is 1. The van der Waals surface area contributed by atoms with Crippen LogP contribution in [0.15, 0.2) is 10.2 Å². The molecule has 1 amide bonds. The number of nitrogens with one attached hydrogen (secondary N) is 1. The minimum Gasteiger partial charge on any atom is -0.374 e. The Bertz CT molecular complexity index is 567. The molecule has 1 aliphatic heterocycles. The number of aryl methyl sites for hydroxylation is 1. The Morgan fingerprint density at radius 1 is 1.52 bits per heavy atom. The zero-order valence-corrected chi connectivity index (χ0v) is 15.0. The third-order valence-electron chi connectivity index (χ3n) is 3.91. The first-order valence-electron chi connectivity index (χ1n) is 8.21. The summed E-state index contributed by atoms with van der Waals surface area (Å²) in [4.78, 5) is 26.0. The van der Waals surface area contributed by atoms with Gasteiger partial charge in [0.1, 0.15) is 0 Å². The maximum Gasteiger partial charge on any atom is 0.307 e. The summed E-state index contributed by atoms with van der Waals surface area (Å²) in [5.74, 6) is 0.600. The highest BCUT2D eigenvalue weighted by Gasteiger charge is 2.21. The molecule has 0 saturated carbocycles. The van der Waals surface area contributed by atoms with Gasteiger partial charge in [-0.3, -0.25) is 14.5 Å². The van der Waals surface area contributed by atoms with E-state index in [0.29, 0.717) is 25.4 Å². The molecule has 0 unspecified atom stereocenters. The largest absolute Gasteiger partial charge is 0.374 e. The molecule has 0 bridgehead atoms. The van der Waals surface area contributed by atoms with Crippen LogP contribution in [0.2, 0.25) is 0 Å². The van der Waals surface area contributed by atoms with Crippen LogP contribution >= 0.6 is 11.3 Å². The molecule has 0 radical (unpaired) electrons. The van der Waals surface area contributed by atoms with Crippen LogP contribution < -0.4 is 10.2 Å². The second kappa shape index (κ2) is 8.61. The van der Waals surface area contributed by atoms with Gasteiger partial charge in [-0.25, -0.2) is 0 Å². The fourth-order valence-corrected chi connectivity index (χ4v) is 3.55. The van der Waals surface area contributed by atoms with E-state index in [4.69, 9.17) is 4.74 Å². The maximum absolute atomic E-state index is 12.0. The van der Waals surface area contributed by atoms with Gasteiger partial charge in [-0.2, -0.15) is 0 Å². The molecule has 1 aliphatic rings. The molecular formula is C16H27N3O3S. The molecule has 0 spiro atoms. The van der Waals surface area contributed by atoms with Crippen LogP contribution in [0.25, 0.3) is 0 Å². The third kappa shape index (κ3) is 5.75. The first-order valence-corrected chi connectivity index (χ1v) is 9.09. The third-order valence-corrected chi connectivity index (χ3v) is 4.79. The number of carbonyl (C=O) groups excluding carboxylic acids is 1. The predicted octanol–water partition coefficient (Wildman–Crippen LogP) is 1.08. The normalized spacial score (nSPS) is 19.2. The van der Waals surface area contributed by atoms with E-state index in [1.165, 1.54) is 11.3 Å². The SMILES string of the molecule is Cc1csc(=O)n1CCC(=O)NC[C@H]1CN(CC(C)C)CCO1. The average Bonchev–Trinajstić information content (AvgIpc) is 2.81. The number of thiazole rings is 1. The van der Waals surface area contributed by atoms with Gasteiger partial charge in [0.2, 0.25) is 5.91 Å². The minimum absolute atomic E-state index is 0.00441. The van der Waals surface area contributed by atoms with E-state index in [9.17, 15) is 9.59 Å². The van der Waals surface area contributed by atoms with Gasteiger partial charge < -0.3 is 14.6 Å². The maximum atomic E-state index is 12.0. The van der Waals surface area contributed by atoms with Gasteiger partial charge in [-0.1, -0.05) is 25.2 Å². The highest BCUT2D eigenvalue weighted by molar-refractivity contribution is 7.07. The topological polar surface area (TPSA) is 63.6 Å². The van der Waals surface area contributed by atoms with Crippen molar-refractivity contribution >= 4 is 17.2 Å². The predicted molar refractivity (Wildman–Crippen MR) is 92.0 cm³/mol. The van der Waals surface area contributed by atoms with Crippen LogP contribution in [0.3, 0.4) is 0 Å². The molecule has 1 aromatic heterocycles. The Hall–Kier alpha value is -1.18. The lowest BCUT2D eigenvalue weighted by Gasteiger charge is -2.33. The number of hydrogen-bond acceptors (Lipinski definition) is 5. The van der Waals surface area contributed by atoms with Crippen molar-refractivity contribution < 1.29 is 9.53 Å². The molecule has 2 heterocycles. The van der Waals surface area contributed by atoms with E-state index in [2.05, 4.69) is 24.1 Å². The van der Waals surface area contributed by atoms with E-state index in [1.54, 1.807) is 4.57 Å². The van der Waals surface area contributed by atoms with Crippen molar-refractivity contribution in [2.75, 3.05) is 32.8 Å². The lowest BCUT2D eigenvalue weighted by atomic mass is 10.2. The summed E-state index contributed by atoms with van der Waals surface area (Å²) in [5.41, 5.74) is 0.910. The first-order chi connectivity index (χ1) is 11.0. The Morgan fingerprint density at radius 2 is 2.30 bits per heavy atom. The zero-order chi connectivity index (χ0) is 16.8. The summed E-state index contributed by atoms with van der Waals surface area (Å²) in [5, 5.41) is 4.74. The summed E-state index contributed by atoms with van der Waals surface area (Å²) < 4.78 is 7.36. The minimum atomic E-state index is -0.0351. The number of hydrogen-bond donors (Lipinski definition) is 1. The van der Waals surface area contributed by atoms with Crippen molar-refractivity contribution in [3.05, 3.63) is 20.7 Å². The highest BCUT2D eigenvalue weighted by atomic mass is 32.1. The summed E-state index contributed by atoms with van der Waals surface area (Å²) in [6, 6.07) is 0. The molecule has 0 aromatic carbocycles. The fraction of sp³-hybridized carbons (Fsp3) is 0.750. The van der Waals surface area contributed by atoms with Crippen molar-refractivity contribution in [2.45, 2.75) is 39.8 Å². The van der Waals surface area contributed by atoms with E-state index in [1.807, 2.05) is 12.3 Å². The zero-order valence-electron chi connectivity index (χ0n) is 14.2. The molecule has 23 heavy (non-hydrogen) atoms. The number of ether oxygens (including phenoxy) is 1. The van der Waals surface area contributed by atoms with Crippen molar-refractivity contribution in [3.8, 4) is 0 Å². The van der Waals surface area contributed by atoms with Gasteiger partial charge >= 0.3 is 4.87 Å². The van der Waals surface area contributed by atoms with E-state index >= 15 is 0 Å². The quantitative estimate of drug-likeness (QED) is 0.806. The van der Waals surface area contributed by atoms with Gasteiger partial charge in [-0.15, -0.1) is 0 Å². The lowest BCUT2D eigenvalue weighted by Crippen LogP contribution is -2.48. The summed E-state index contributed by atoms with van der Waals surface area (Å²) >= 11 is 1.17. The van der Waals surface area contributed by atoms with Crippen LogP contribution in [0.1, 0.15) is 26.0 Å². The van der Waals surface area contributed by atoms with Crippen LogP contribution in [0, 0.1) is 12.8 Å². The van der Waals surface area contributed by atoms with Crippen molar-refractivity contribution in [1.82, 2.24) is 14.8 Å².